The summed E-state index contributed by atoms with van der Waals surface area (Å²) in [6, 6.07) is 4.75. The van der Waals surface area contributed by atoms with Crippen molar-refractivity contribution in [2.45, 2.75) is 45.4 Å². The van der Waals surface area contributed by atoms with Crippen LogP contribution in [-0.4, -0.2) is 30.5 Å². The zero-order valence-electron chi connectivity index (χ0n) is 14.7. The topological polar surface area (TPSA) is 84.3 Å². The van der Waals surface area contributed by atoms with Crippen molar-refractivity contribution in [2.75, 3.05) is 19.6 Å². The van der Waals surface area contributed by atoms with Crippen LogP contribution in [0.25, 0.3) is 0 Å². The standard InChI is InChI=1S/C18H27N3O3/c1-18(2,3)15-7-6-14(11-16(15)21(23)24)17(22)20-10-8-13-5-4-9-19-12-13/h6-7,11,13,19H,4-5,8-10,12H2,1-3H3,(H,20,22). The van der Waals surface area contributed by atoms with Gasteiger partial charge in [0, 0.05) is 23.7 Å². The largest absolute Gasteiger partial charge is 0.352 e. The average molecular weight is 333 g/mol. The molecule has 1 heterocycles. The number of piperidine rings is 1. The summed E-state index contributed by atoms with van der Waals surface area (Å²) < 4.78 is 0. The smallest absolute Gasteiger partial charge is 0.273 e. The summed E-state index contributed by atoms with van der Waals surface area (Å²) in [7, 11) is 0. The van der Waals surface area contributed by atoms with Gasteiger partial charge in [-0.2, -0.15) is 0 Å². The van der Waals surface area contributed by atoms with Crippen molar-refractivity contribution in [1.29, 1.82) is 0 Å². The van der Waals surface area contributed by atoms with E-state index in [0.717, 1.165) is 19.5 Å². The van der Waals surface area contributed by atoms with Crippen LogP contribution < -0.4 is 10.6 Å². The van der Waals surface area contributed by atoms with Crippen LogP contribution in [0.4, 0.5) is 5.69 Å². The van der Waals surface area contributed by atoms with Gasteiger partial charge in [0.25, 0.3) is 11.6 Å². The highest BCUT2D eigenvalue weighted by Gasteiger charge is 2.26. The van der Waals surface area contributed by atoms with Gasteiger partial charge < -0.3 is 10.6 Å². The van der Waals surface area contributed by atoms with Gasteiger partial charge in [-0.15, -0.1) is 0 Å². The minimum absolute atomic E-state index is 0.00614. The second kappa shape index (κ2) is 7.75. The molecule has 1 amide bonds. The van der Waals surface area contributed by atoms with Gasteiger partial charge in [-0.3, -0.25) is 14.9 Å². The maximum absolute atomic E-state index is 12.3. The lowest BCUT2D eigenvalue weighted by Crippen LogP contribution is -2.33. The number of carbonyl (C=O) groups excluding carboxylic acids is 1. The Bertz CT molecular complexity index is 602. The Hall–Kier alpha value is -1.95. The highest BCUT2D eigenvalue weighted by atomic mass is 16.6. The first-order valence-electron chi connectivity index (χ1n) is 8.57. The van der Waals surface area contributed by atoms with Crippen LogP contribution >= 0.6 is 0 Å². The zero-order valence-corrected chi connectivity index (χ0v) is 14.7. The minimum Gasteiger partial charge on any atom is -0.352 e. The second-order valence-corrected chi connectivity index (χ2v) is 7.50. The summed E-state index contributed by atoms with van der Waals surface area (Å²) >= 11 is 0. The molecule has 132 valence electrons. The monoisotopic (exact) mass is 333 g/mol. The molecular formula is C18H27N3O3. The van der Waals surface area contributed by atoms with E-state index in [1.54, 1.807) is 12.1 Å². The Labute approximate surface area is 143 Å². The van der Waals surface area contributed by atoms with Crippen molar-refractivity contribution in [1.82, 2.24) is 10.6 Å². The lowest BCUT2D eigenvalue weighted by atomic mass is 9.85. The first-order chi connectivity index (χ1) is 11.3. The molecule has 1 unspecified atom stereocenters. The summed E-state index contributed by atoms with van der Waals surface area (Å²) in [5.41, 5.74) is 0.645. The third-order valence-electron chi connectivity index (χ3n) is 4.50. The average Bonchev–Trinajstić information content (AvgIpc) is 2.54. The van der Waals surface area contributed by atoms with E-state index in [-0.39, 0.29) is 17.0 Å². The van der Waals surface area contributed by atoms with Crippen LogP contribution in [0, 0.1) is 16.0 Å². The second-order valence-electron chi connectivity index (χ2n) is 7.50. The van der Waals surface area contributed by atoms with Gasteiger partial charge >= 0.3 is 0 Å². The third-order valence-corrected chi connectivity index (χ3v) is 4.50. The predicted octanol–water partition coefficient (Wildman–Crippen LogP) is 3.01. The Balaban J connectivity index is 2.01. The molecule has 1 aromatic rings. The summed E-state index contributed by atoms with van der Waals surface area (Å²) in [6.45, 7) is 8.45. The summed E-state index contributed by atoms with van der Waals surface area (Å²) in [6.07, 6.45) is 3.30. The number of benzene rings is 1. The van der Waals surface area contributed by atoms with Crippen LogP contribution in [0.2, 0.25) is 0 Å². The summed E-state index contributed by atoms with van der Waals surface area (Å²) in [5.74, 6) is 0.346. The van der Waals surface area contributed by atoms with E-state index in [9.17, 15) is 14.9 Å². The van der Waals surface area contributed by atoms with Gasteiger partial charge in [-0.05, 0) is 49.8 Å². The number of nitro groups is 1. The van der Waals surface area contributed by atoms with Crippen LogP contribution in [0.1, 0.15) is 56.0 Å². The van der Waals surface area contributed by atoms with Crippen LogP contribution in [-0.2, 0) is 5.41 Å². The Morgan fingerprint density at radius 1 is 1.42 bits per heavy atom. The van der Waals surface area contributed by atoms with Crippen molar-refractivity contribution < 1.29 is 9.72 Å². The Kier molecular flexibility index (Phi) is 5.94. The van der Waals surface area contributed by atoms with Crippen molar-refractivity contribution in [3.8, 4) is 0 Å². The molecule has 1 atom stereocenters. The molecule has 1 aliphatic rings. The van der Waals surface area contributed by atoms with Crippen molar-refractivity contribution in [2.24, 2.45) is 5.92 Å². The van der Waals surface area contributed by atoms with Crippen LogP contribution in [0.3, 0.4) is 0 Å². The quantitative estimate of drug-likeness (QED) is 0.641. The molecule has 0 radical (unpaired) electrons. The van der Waals surface area contributed by atoms with Gasteiger partial charge in [0.1, 0.15) is 0 Å². The summed E-state index contributed by atoms with van der Waals surface area (Å²) in [5, 5.41) is 17.6. The number of hydrogen-bond acceptors (Lipinski definition) is 4. The fourth-order valence-corrected chi connectivity index (χ4v) is 3.12. The highest BCUT2D eigenvalue weighted by molar-refractivity contribution is 5.95. The maximum atomic E-state index is 12.3. The number of nitrogens with one attached hydrogen (secondary N) is 2. The van der Waals surface area contributed by atoms with E-state index in [0.29, 0.717) is 23.6 Å². The van der Waals surface area contributed by atoms with E-state index < -0.39 is 4.92 Å². The lowest BCUT2D eigenvalue weighted by molar-refractivity contribution is -0.386. The van der Waals surface area contributed by atoms with Crippen molar-refractivity contribution in [3.05, 3.63) is 39.4 Å². The SMILES string of the molecule is CC(C)(C)c1ccc(C(=O)NCCC2CCCNC2)cc1[N+](=O)[O-]. The maximum Gasteiger partial charge on any atom is 0.273 e. The lowest BCUT2D eigenvalue weighted by Gasteiger charge is -2.22. The van der Waals surface area contributed by atoms with Gasteiger partial charge in [-0.25, -0.2) is 0 Å². The molecule has 0 aliphatic carbocycles. The molecule has 0 bridgehead atoms. The predicted molar refractivity (Wildman–Crippen MR) is 94.3 cm³/mol. The molecule has 1 saturated heterocycles. The van der Waals surface area contributed by atoms with Gasteiger partial charge in [0.05, 0.1) is 4.92 Å². The molecule has 1 aromatic carbocycles. The van der Waals surface area contributed by atoms with E-state index in [2.05, 4.69) is 10.6 Å². The van der Waals surface area contributed by atoms with Crippen LogP contribution in [0.15, 0.2) is 18.2 Å². The first kappa shape index (κ1) is 18.4. The molecule has 0 saturated carbocycles. The minimum atomic E-state index is -0.412. The van der Waals surface area contributed by atoms with E-state index in [4.69, 9.17) is 0 Å². The van der Waals surface area contributed by atoms with Gasteiger partial charge in [0.15, 0.2) is 0 Å². The molecule has 2 N–H and O–H groups in total. The molecule has 0 spiro atoms. The molecule has 6 heteroatoms. The number of rotatable bonds is 5. The molecule has 1 fully saturated rings. The van der Waals surface area contributed by atoms with E-state index in [1.165, 1.54) is 18.9 Å². The fraction of sp³-hybridized carbons (Fsp3) is 0.611. The molecule has 2 rings (SSSR count). The molecule has 24 heavy (non-hydrogen) atoms. The fourth-order valence-electron chi connectivity index (χ4n) is 3.12. The number of carbonyl (C=O) groups is 1. The van der Waals surface area contributed by atoms with Crippen molar-refractivity contribution in [3.63, 3.8) is 0 Å². The first-order valence-corrected chi connectivity index (χ1v) is 8.57. The zero-order chi connectivity index (χ0) is 17.7. The van der Waals surface area contributed by atoms with Crippen LogP contribution in [0.5, 0.6) is 0 Å². The summed E-state index contributed by atoms with van der Waals surface area (Å²) in [4.78, 5) is 23.2. The van der Waals surface area contributed by atoms with E-state index in [1.807, 2.05) is 20.8 Å². The third kappa shape index (κ3) is 4.77. The van der Waals surface area contributed by atoms with Gasteiger partial charge in [0.2, 0.25) is 0 Å². The number of amides is 1. The molecule has 0 aromatic heterocycles. The molecule has 1 aliphatic heterocycles. The number of hydrogen-bond donors (Lipinski definition) is 2. The number of nitrogens with zero attached hydrogens (tertiary/aromatic N) is 1. The van der Waals surface area contributed by atoms with Gasteiger partial charge in [-0.1, -0.05) is 26.8 Å². The normalized spacial score (nSPS) is 18.2. The van der Waals surface area contributed by atoms with E-state index >= 15 is 0 Å². The number of nitro benzene ring substituents is 1. The van der Waals surface area contributed by atoms with Crippen molar-refractivity contribution >= 4 is 11.6 Å². The Morgan fingerprint density at radius 2 is 2.17 bits per heavy atom. The highest BCUT2D eigenvalue weighted by Crippen LogP contribution is 2.31. The molecule has 6 nitrogen and oxygen atoms in total. The Morgan fingerprint density at radius 3 is 2.75 bits per heavy atom. The molecular weight excluding hydrogens is 306 g/mol.